The number of aromatic hydroxyl groups is 1. The van der Waals surface area contributed by atoms with Crippen molar-refractivity contribution in [3.8, 4) is 34.0 Å². The summed E-state index contributed by atoms with van der Waals surface area (Å²) in [5.41, 5.74) is 2.24. The minimum absolute atomic E-state index is 0.0186. The van der Waals surface area contributed by atoms with Crippen LogP contribution >= 0.6 is 0 Å². The molecule has 0 fully saturated rings. The van der Waals surface area contributed by atoms with E-state index >= 15 is 0 Å². The molecule has 4 rings (SSSR count). The summed E-state index contributed by atoms with van der Waals surface area (Å²) >= 11 is 0. The van der Waals surface area contributed by atoms with Crippen LogP contribution in [0.2, 0.25) is 0 Å². The van der Waals surface area contributed by atoms with Gasteiger partial charge in [-0.1, -0.05) is 6.07 Å². The lowest BCUT2D eigenvalue weighted by Crippen LogP contribution is -2.12. The number of hydrogen-bond donors (Lipinski definition) is 5. The van der Waals surface area contributed by atoms with Gasteiger partial charge in [0, 0.05) is 11.8 Å². The van der Waals surface area contributed by atoms with Crippen molar-refractivity contribution in [2.24, 2.45) is 0 Å². The van der Waals surface area contributed by atoms with Crippen molar-refractivity contribution in [1.82, 2.24) is 25.4 Å². The van der Waals surface area contributed by atoms with Crippen molar-refractivity contribution in [2.75, 3.05) is 18.5 Å². The van der Waals surface area contributed by atoms with Gasteiger partial charge in [-0.05, 0) is 42.3 Å². The highest BCUT2D eigenvalue weighted by Crippen LogP contribution is 2.35. The molecule has 0 aliphatic carbocycles. The molecule has 31 heavy (non-hydrogen) atoms. The fourth-order valence-electron chi connectivity index (χ4n) is 3.11. The van der Waals surface area contributed by atoms with E-state index in [2.05, 4.69) is 30.7 Å². The number of aliphatic carboxylic acids is 1. The maximum atomic E-state index is 12.2. The average molecular weight is 422 g/mol. The molecule has 0 spiro atoms. The van der Waals surface area contributed by atoms with Gasteiger partial charge in [0.15, 0.2) is 5.52 Å². The highest BCUT2D eigenvalue weighted by Gasteiger charge is 2.15. The molecule has 4 aromatic rings. The largest absolute Gasteiger partial charge is 0.508 e. The Labute approximate surface area is 174 Å². The molecule has 0 saturated carbocycles. The van der Waals surface area contributed by atoms with E-state index in [4.69, 9.17) is 9.84 Å². The number of aromatic nitrogens is 5. The number of carbonyl (C=O) groups is 1. The normalized spacial score (nSPS) is 10.9. The quantitative estimate of drug-likeness (QED) is 0.299. The number of anilines is 1. The minimum atomic E-state index is -1.02. The first kappa shape index (κ1) is 19.9. The van der Waals surface area contributed by atoms with Crippen LogP contribution in [-0.2, 0) is 4.79 Å². The maximum absolute atomic E-state index is 12.2. The first-order chi connectivity index (χ1) is 14.9. The zero-order valence-corrected chi connectivity index (χ0v) is 16.3. The van der Waals surface area contributed by atoms with Crippen molar-refractivity contribution in [2.45, 2.75) is 6.92 Å². The van der Waals surface area contributed by atoms with Gasteiger partial charge in [-0.15, -0.1) is 10.2 Å². The van der Waals surface area contributed by atoms with Crippen LogP contribution in [0, 0.1) is 0 Å². The van der Waals surface area contributed by atoms with Crippen LogP contribution in [0.5, 0.6) is 11.5 Å². The van der Waals surface area contributed by atoms with Gasteiger partial charge in [0.1, 0.15) is 23.9 Å². The third kappa shape index (κ3) is 4.15. The Hall–Kier alpha value is -4.41. The first-order valence-electron chi connectivity index (χ1n) is 9.32. The molecule has 0 amide bonds. The van der Waals surface area contributed by atoms with E-state index in [1.54, 1.807) is 30.3 Å². The highest BCUT2D eigenvalue weighted by atomic mass is 16.5. The van der Waals surface area contributed by atoms with E-state index in [-0.39, 0.29) is 29.3 Å². The number of carboxylic acid groups (broad SMARTS) is 1. The second-order valence-electron chi connectivity index (χ2n) is 6.57. The molecule has 2 aromatic heterocycles. The van der Waals surface area contributed by atoms with E-state index in [9.17, 15) is 14.7 Å². The van der Waals surface area contributed by atoms with Crippen LogP contribution in [0.4, 0.5) is 5.69 Å². The Kier molecular flexibility index (Phi) is 5.22. The zero-order valence-electron chi connectivity index (χ0n) is 16.3. The number of nitrogens with zero attached hydrogens (tertiary/aromatic N) is 3. The van der Waals surface area contributed by atoms with Gasteiger partial charge in [-0.3, -0.25) is 9.59 Å². The summed E-state index contributed by atoms with van der Waals surface area (Å²) in [5, 5.41) is 31.7. The second-order valence-corrected chi connectivity index (χ2v) is 6.57. The number of phenols is 1. The Morgan fingerprint density at radius 1 is 1.16 bits per heavy atom. The predicted molar refractivity (Wildman–Crippen MR) is 112 cm³/mol. The van der Waals surface area contributed by atoms with E-state index in [1.807, 2.05) is 6.92 Å². The number of benzene rings is 2. The maximum Gasteiger partial charge on any atom is 0.322 e. The Morgan fingerprint density at radius 3 is 2.77 bits per heavy atom. The summed E-state index contributed by atoms with van der Waals surface area (Å²) in [6.45, 7) is 1.92. The number of hydrogen-bond acceptors (Lipinski definition) is 8. The number of H-pyrrole nitrogens is 2. The number of carboxylic acids is 1. The summed E-state index contributed by atoms with van der Waals surface area (Å²) in [5.74, 6) is -0.288. The Balaban J connectivity index is 1.77. The molecule has 0 unspecified atom stereocenters. The predicted octanol–water partition coefficient (Wildman–Crippen LogP) is 1.98. The van der Waals surface area contributed by atoms with Crippen LogP contribution in [0.15, 0.2) is 41.2 Å². The lowest BCUT2D eigenvalue weighted by atomic mass is 10.0. The molecule has 0 atom stereocenters. The van der Waals surface area contributed by atoms with E-state index < -0.39 is 11.5 Å². The monoisotopic (exact) mass is 422 g/mol. The zero-order chi connectivity index (χ0) is 22.0. The molecule has 0 bridgehead atoms. The molecule has 2 aromatic carbocycles. The summed E-state index contributed by atoms with van der Waals surface area (Å²) < 4.78 is 5.76. The number of phenolic OH excluding ortho intramolecular Hbond substituents is 1. The fourth-order valence-corrected chi connectivity index (χ4v) is 3.11. The molecule has 0 aliphatic heterocycles. The Morgan fingerprint density at radius 2 is 2.00 bits per heavy atom. The third-order valence-electron chi connectivity index (χ3n) is 4.43. The van der Waals surface area contributed by atoms with Crippen LogP contribution in [0.25, 0.3) is 33.7 Å². The molecule has 11 heteroatoms. The molecular weight excluding hydrogens is 404 g/mol. The van der Waals surface area contributed by atoms with Crippen molar-refractivity contribution >= 4 is 22.8 Å². The van der Waals surface area contributed by atoms with Crippen LogP contribution in [-0.4, -0.2) is 54.7 Å². The first-order valence-corrected chi connectivity index (χ1v) is 9.32. The number of aromatic amines is 2. The standard InChI is InChI=1S/C20H18N6O5/c1-2-31-15-7-10(11-5-12(8-13(27)6-11)21-9-16(28)29)3-4-14(15)18-22-19-17(20(30)23-18)24-26-25-19/h3-8,21,27H,2,9H2,1H3,(H,28,29)(H2,22,23,24,25,26,30). The van der Waals surface area contributed by atoms with Crippen LogP contribution in [0.1, 0.15) is 6.92 Å². The Bertz CT molecular complexity index is 1330. The summed E-state index contributed by atoms with van der Waals surface area (Å²) in [6, 6.07) is 9.97. The SMILES string of the molecule is CCOc1cc(-c2cc(O)cc(NCC(=O)O)c2)ccc1-c1nc2n[nH]nc2c(=O)[nH]1. The van der Waals surface area contributed by atoms with Gasteiger partial charge in [-0.2, -0.15) is 5.21 Å². The van der Waals surface area contributed by atoms with Crippen molar-refractivity contribution in [1.29, 1.82) is 0 Å². The van der Waals surface area contributed by atoms with Crippen molar-refractivity contribution in [3.63, 3.8) is 0 Å². The van der Waals surface area contributed by atoms with E-state index in [0.717, 1.165) is 0 Å². The lowest BCUT2D eigenvalue weighted by molar-refractivity contribution is -0.134. The van der Waals surface area contributed by atoms with Gasteiger partial charge in [0.05, 0.1) is 12.2 Å². The van der Waals surface area contributed by atoms with Gasteiger partial charge in [-0.25, -0.2) is 4.98 Å². The van der Waals surface area contributed by atoms with E-state index in [1.165, 1.54) is 6.07 Å². The number of rotatable bonds is 7. The number of fused-ring (bicyclic) bond motifs is 1. The van der Waals surface area contributed by atoms with Crippen molar-refractivity contribution < 1.29 is 19.7 Å². The molecule has 11 nitrogen and oxygen atoms in total. The molecule has 5 N–H and O–H groups in total. The summed E-state index contributed by atoms with van der Waals surface area (Å²) in [7, 11) is 0. The number of ether oxygens (including phenoxy) is 1. The van der Waals surface area contributed by atoms with Gasteiger partial charge in [0.25, 0.3) is 5.56 Å². The van der Waals surface area contributed by atoms with Crippen LogP contribution in [0.3, 0.4) is 0 Å². The van der Waals surface area contributed by atoms with Gasteiger partial charge in [0.2, 0.25) is 5.65 Å². The molecule has 2 heterocycles. The number of nitrogens with one attached hydrogen (secondary N) is 3. The van der Waals surface area contributed by atoms with Gasteiger partial charge < -0.3 is 25.3 Å². The molecular formula is C20H18N6O5. The average Bonchev–Trinajstić information content (AvgIpc) is 3.21. The molecule has 0 radical (unpaired) electrons. The molecule has 0 aliphatic rings. The smallest absolute Gasteiger partial charge is 0.322 e. The third-order valence-corrected chi connectivity index (χ3v) is 4.43. The van der Waals surface area contributed by atoms with E-state index in [0.29, 0.717) is 34.7 Å². The second kappa shape index (κ2) is 8.14. The van der Waals surface area contributed by atoms with Gasteiger partial charge >= 0.3 is 5.97 Å². The highest BCUT2D eigenvalue weighted by molar-refractivity contribution is 5.79. The van der Waals surface area contributed by atoms with Crippen molar-refractivity contribution in [3.05, 3.63) is 46.8 Å². The molecule has 0 saturated heterocycles. The topological polar surface area (TPSA) is 166 Å². The fraction of sp³-hybridized carbons (Fsp3) is 0.150. The van der Waals surface area contributed by atoms with Crippen LogP contribution < -0.4 is 15.6 Å². The summed E-state index contributed by atoms with van der Waals surface area (Å²) in [4.78, 5) is 30.1. The minimum Gasteiger partial charge on any atom is -0.508 e. The summed E-state index contributed by atoms with van der Waals surface area (Å²) in [6.07, 6.45) is 0. The lowest BCUT2D eigenvalue weighted by Gasteiger charge is -2.13. The molecule has 158 valence electrons.